The molecule has 120 valence electrons. The van der Waals surface area contributed by atoms with Crippen molar-refractivity contribution in [1.29, 1.82) is 0 Å². The third-order valence-corrected chi connectivity index (χ3v) is 3.80. The molecule has 0 aliphatic rings. The van der Waals surface area contributed by atoms with Crippen LogP contribution in [0.25, 0.3) is 11.0 Å². The van der Waals surface area contributed by atoms with Gasteiger partial charge in [0.2, 0.25) is 0 Å². The molecule has 0 aliphatic carbocycles. The molecule has 2 aromatic heterocycles. The molecule has 2 N–H and O–H groups in total. The summed E-state index contributed by atoms with van der Waals surface area (Å²) >= 11 is 0. The van der Waals surface area contributed by atoms with E-state index in [4.69, 9.17) is 4.42 Å². The van der Waals surface area contributed by atoms with Crippen molar-refractivity contribution >= 4 is 16.9 Å². The molecular weight excluding hydrogens is 290 g/mol. The Morgan fingerprint density at radius 1 is 1.30 bits per heavy atom. The van der Waals surface area contributed by atoms with Gasteiger partial charge in [-0.25, -0.2) is 4.98 Å². The van der Waals surface area contributed by atoms with Crippen LogP contribution in [0.15, 0.2) is 52.4 Å². The van der Waals surface area contributed by atoms with Crippen LogP contribution in [0, 0.1) is 6.92 Å². The van der Waals surface area contributed by atoms with Crippen LogP contribution in [0.5, 0.6) is 0 Å². The normalized spacial score (nSPS) is 11.8. The van der Waals surface area contributed by atoms with Crippen LogP contribution in [0.2, 0.25) is 0 Å². The lowest BCUT2D eigenvalue weighted by Gasteiger charge is -2.11. The Morgan fingerprint density at radius 2 is 2.17 bits per heavy atom. The fourth-order valence-electron chi connectivity index (χ4n) is 2.50. The third-order valence-electron chi connectivity index (χ3n) is 3.80. The zero-order valence-electron chi connectivity index (χ0n) is 13.4. The summed E-state index contributed by atoms with van der Waals surface area (Å²) in [5.41, 5.74) is 2.09. The van der Waals surface area contributed by atoms with Crippen LogP contribution in [-0.2, 0) is 13.1 Å². The molecule has 6 nitrogen and oxygen atoms in total. The number of nitrogens with one attached hydrogen (secondary N) is 2. The van der Waals surface area contributed by atoms with E-state index in [-0.39, 0.29) is 0 Å². The molecule has 2 heterocycles. The molecule has 23 heavy (non-hydrogen) atoms. The van der Waals surface area contributed by atoms with Crippen molar-refractivity contribution in [1.82, 2.24) is 20.2 Å². The van der Waals surface area contributed by atoms with Gasteiger partial charge in [-0.1, -0.05) is 18.2 Å². The SMILES string of the molecule is CN=C(NCCn1ccnc1)NCc1oc2ccccc2c1C. The topological polar surface area (TPSA) is 67.4 Å². The molecule has 0 bridgehead atoms. The van der Waals surface area contributed by atoms with Gasteiger partial charge in [-0.2, -0.15) is 0 Å². The van der Waals surface area contributed by atoms with Crippen molar-refractivity contribution in [2.75, 3.05) is 13.6 Å². The van der Waals surface area contributed by atoms with E-state index in [9.17, 15) is 0 Å². The van der Waals surface area contributed by atoms with Gasteiger partial charge in [0.05, 0.1) is 12.9 Å². The average molecular weight is 311 g/mol. The first kappa shape index (κ1) is 15.1. The Balaban J connectivity index is 1.55. The van der Waals surface area contributed by atoms with Crippen LogP contribution in [0.1, 0.15) is 11.3 Å². The lowest BCUT2D eigenvalue weighted by Crippen LogP contribution is -2.38. The fourth-order valence-corrected chi connectivity index (χ4v) is 2.50. The van der Waals surface area contributed by atoms with E-state index < -0.39 is 0 Å². The molecule has 0 amide bonds. The van der Waals surface area contributed by atoms with E-state index in [0.717, 1.165) is 35.8 Å². The minimum atomic E-state index is 0.602. The summed E-state index contributed by atoms with van der Waals surface area (Å²) in [5, 5.41) is 7.73. The number of nitrogens with zero attached hydrogens (tertiary/aromatic N) is 3. The molecule has 3 rings (SSSR count). The first-order chi connectivity index (χ1) is 11.3. The molecule has 0 saturated carbocycles. The van der Waals surface area contributed by atoms with Crippen LogP contribution >= 0.6 is 0 Å². The first-order valence-corrected chi connectivity index (χ1v) is 7.65. The molecule has 0 atom stereocenters. The number of benzene rings is 1. The summed E-state index contributed by atoms with van der Waals surface area (Å²) < 4.78 is 7.92. The summed E-state index contributed by atoms with van der Waals surface area (Å²) in [6.45, 7) is 4.29. The number of furan rings is 1. The summed E-state index contributed by atoms with van der Waals surface area (Å²) in [5.74, 6) is 1.69. The highest BCUT2D eigenvalue weighted by molar-refractivity contribution is 5.82. The predicted octanol–water partition coefficient (Wildman–Crippen LogP) is 2.30. The summed E-state index contributed by atoms with van der Waals surface area (Å²) in [4.78, 5) is 8.26. The maximum atomic E-state index is 5.90. The van der Waals surface area contributed by atoms with E-state index >= 15 is 0 Å². The lowest BCUT2D eigenvalue weighted by molar-refractivity contribution is 0.534. The Morgan fingerprint density at radius 3 is 2.91 bits per heavy atom. The molecule has 0 unspecified atom stereocenters. The highest BCUT2D eigenvalue weighted by Gasteiger charge is 2.10. The standard InChI is InChI=1S/C17H21N5O/c1-13-14-5-3-4-6-15(14)23-16(13)11-21-17(18-2)20-8-10-22-9-7-19-12-22/h3-7,9,12H,8,10-11H2,1-2H3,(H2,18,20,21). The zero-order chi connectivity index (χ0) is 16.1. The van der Waals surface area contributed by atoms with Gasteiger partial charge in [-0.3, -0.25) is 4.99 Å². The molecule has 1 aromatic carbocycles. The highest BCUT2D eigenvalue weighted by Crippen LogP contribution is 2.24. The Bertz CT molecular complexity index is 789. The second-order valence-electron chi connectivity index (χ2n) is 5.30. The van der Waals surface area contributed by atoms with Crippen LogP contribution in [0.4, 0.5) is 0 Å². The molecular formula is C17H21N5O. The van der Waals surface area contributed by atoms with Gasteiger partial charge in [0.1, 0.15) is 11.3 Å². The van der Waals surface area contributed by atoms with Crippen molar-refractivity contribution in [2.45, 2.75) is 20.0 Å². The van der Waals surface area contributed by atoms with Gasteiger partial charge in [-0.15, -0.1) is 0 Å². The summed E-state index contributed by atoms with van der Waals surface area (Å²) in [6.07, 6.45) is 5.52. The van der Waals surface area contributed by atoms with Gasteiger partial charge in [-0.05, 0) is 13.0 Å². The Hall–Kier alpha value is -2.76. The van der Waals surface area contributed by atoms with E-state index in [1.54, 1.807) is 19.6 Å². The number of para-hydroxylation sites is 1. The number of fused-ring (bicyclic) bond motifs is 1. The lowest BCUT2D eigenvalue weighted by atomic mass is 10.1. The predicted molar refractivity (Wildman–Crippen MR) is 91.4 cm³/mol. The van der Waals surface area contributed by atoms with Crippen LogP contribution in [-0.4, -0.2) is 29.1 Å². The largest absolute Gasteiger partial charge is 0.459 e. The van der Waals surface area contributed by atoms with Gasteiger partial charge in [0.15, 0.2) is 5.96 Å². The Labute approximate surface area is 135 Å². The van der Waals surface area contributed by atoms with Gasteiger partial charge >= 0.3 is 0 Å². The number of aliphatic imine (C=N–C) groups is 1. The monoisotopic (exact) mass is 311 g/mol. The number of hydrogen-bond acceptors (Lipinski definition) is 3. The van der Waals surface area contributed by atoms with Crippen molar-refractivity contribution in [3.05, 3.63) is 54.3 Å². The maximum Gasteiger partial charge on any atom is 0.191 e. The zero-order valence-corrected chi connectivity index (χ0v) is 13.4. The van der Waals surface area contributed by atoms with Crippen molar-refractivity contribution in [2.24, 2.45) is 4.99 Å². The first-order valence-electron chi connectivity index (χ1n) is 7.65. The molecule has 0 aliphatic heterocycles. The number of aryl methyl sites for hydroxylation is 1. The van der Waals surface area contributed by atoms with Gasteiger partial charge in [0.25, 0.3) is 0 Å². The summed E-state index contributed by atoms with van der Waals surface area (Å²) in [7, 11) is 1.76. The molecule has 0 spiro atoms. The van der Waals surface area contributed by atoms with Crippen LogP contribution < -0.4 is 10.6 Å². The smallest absolute Gasteiger partial charge is 0.191 e. The molecule has 6 heteroatoms. The fraction of sp³-hybridized carbons (Fsp3) is 0.294. The second kappa shape index (κ2) is 7.00. The van der Waals surface area contributed by atoms with Crippen molar-refractivity contribution < 1.29 is 4.42 Å². The number of rotatable bonds is 5. The number of guanidine groups is 1. The Kier molecular flexibility index (Phi) is 4.61. The highest BCUT2D eigenvalue weighted by atomic mass is 16.3. The molecule has 0 radical (unpaired) electrons. The average Bonchev–Trinajstić information content (AvgIpc) is 3.19. The number of hydrogen-bond donors (Lipinski definition) is 2. The second-order valence-corrected chi connectivity index (χ2v) is 5.30. The molecule has 0 saturated heterocycles. The number of imidazole rings is 1. The third kappa shape index (κ3) is 3.53. The number of aromatic nitrogens is 2. The van der Waals surface area contributed by atoms with Gasteiger partial charge in [0, 0.05) is 43.5 Å². The van der Waals surface area contributed by atoms with Crippen LogP contribution in [0.3, 0.4) is 0 Å². The minimum Gasteiger partial charge on any atom is -0.459 e. The maximum absolute atomic E-state index is 5.90. The van der Waals surface area contributed by atoms with Crippen molar-refractivity contribution in [3.63, 3.8) is 0 Å². The summed E-state index contributed by atoms with van der Waals surface area (Å²) in [6, 6.07) is 8.08. The van der Waals surface area contributed by atoms with E-state index in [2.05, 4.69) is 33.6 Å². The van der Waals surface area contributed by atoms with E-state index in [1.165, 1.54) is 5.56 Å². The minimum absolute atomic E-state index is 0.602. The van der Waals surface area contributed by atoms with E-state index in [0.29, 0.717) is 6.54 Å². The quantitative estimate of drug-likeness (QED) is 0.560. The van der Waals surface area contributed by atoms with Gasteiger partial charge < -0.3 is 19.6 Å². The van der Waals surface area contributed by atoms with Crippen molar-refractivity contribution in [3.8, 4) is 0 Å². The molecule has 3 aromatic rings. The molecule has 0 fully saturated rings. The van der Waals surface area contributed by atoms with E-state index in [1.807, 2.05) is 29.0 Å².